The van der Waals surface area contributed by atoms with Gasteiger partial charge in [0.2, 0.25) is 14.1 Å². The van der Waals surface area contributed by atoms with Crippen LogP contribution in [0.3, 0.4) is 0 Å². The molecule has 0 aliphatic rings. The molecule has 27 heavy (non-hydrogen) atoms. The average Bonchev–Trinajstić information content (AvgIpc) is 2.58. The summed E-state index contributed by atoms with van der Waals surface area (Å²) < 4.78 is 11.9. The average molecular weight is 430 g/mol. The van der Waals surface area contributed by atoms with Crippen LogP contribution in [0.25, 0.3) is 0 Å². The summed E-state index contributed by atoms with van der Waals surface area (Å²) in [5.41, 5.74) is 1.10. The Balaban J connectivity index is 2.73. The standard InChI is InChI=1S/C20H32ClNO3SSi/c1-20(2,3)27(6,7)25-16-11-10-15(18(13-16)24-4)9-8-12-22-19(21)17(23)14-26-5/h10-11,13H,8-9,12,14H2,1-7H3. The van der Waals surface area contributed by atoms with Crippen molar-refractivity contribution in [2.75, 3.05) is 25.7 Å². The van der Waals surface area contributed by atoms with Crippen molar-refractivity contribution < 1.29 is 14.0 Å². The summed E-state index contributed by atoms with van der Waals surface area (Å²) in [6.45, 7) is 11.6. The minimum absolute atomic E-state index is 0.0921. The maximum atomic E-state index is 11.6. The van der Waals surface area contributed by atoms with E-state index in [1.165, 1.54) is 11.8 Å². The van der Waals surface area contributed by atoms with Crippen molar-refractivity contribution in [1.82, 2.24) is 0 Å². The van der Waals surface area contributed by atoms with Crippen molar-refractivity contribution >= 4 is 42.6 Å². The molecule has 1 aromatic carbocycles. The normalized spacial score (nSPS) is 12.8. The molecule has 0 fully saturated rings. The molecule has 0 saturated carbocycles. The van der Waals surface area contributed by atoms with Crippen LogP contribution in [0.4, 0.5) is 0 Å². The molecular weight excluding hydrogens is 398 g/mol. The van der Waals surface area contributed by atoms with Crippen LogP contribution >= 0.6 is 23.4 Å². The van der Waals surface area contributed by atoms with E-state index in [9.17, 15) is 4.79 Å². The number of Topliss-reactive ketones (excluding diaryl/α,β-unsaturated/α-hetero) is 1. The molecule has 0 heterocycles. The first-order valence-electron chi connectivity index (χ1n) is 9.10. The molecule has 0 unspecified atom stereocenters. The molecule has 0 spiro atoms. The van der Waals surface area contributed by atoms with Gasteiger partial charge in [-0.05, 0) is 48.9 Å². The Morgan fingerprint density at radius 2 is 1.96 bits per heavy atom. The predicted octanol–water partition coefficient (Wildman–Crippen LogP) is 5.58. The van der Waals surface area contributed by atoms with Gasteiger partial charge in [-0.3, -0.25) is 9.79 Å². The Hall–Kier alpha value is -0.983. The van der Waals surface area contributed by atoms with Crippen molar-refractivity contribution in [3.63, 3.8) is 0 Å². The number of aryl methyl sites for hydroxylation is 1. The zero-order valence-corrected chi connectivity index (χ0v) is 20.1. The first kappa shape index (κ1) is 24.1. The molecule has 0 bridgehead atoms. The Bertz CT molecular complexity index is 672. The molecule has 1 rings (SSSR count). The summed E-state index contributed by atoms with van der Waals surface area (Å²) in [4.78, 5) is 15.8. The van der Waals surface area contributed by atoms with Gasteiger partial charge >= 0.3 is 0 Å². The number of carbonyl (C=O) groups excluding carboxylic acids is 1. The second kappa shape index (κ2) is 10.5. The van der Waals surface area contributed by atoms with Gasteiger partial charge in [0.25, 0.3) is 0 Å². The van der Waals surface area contributed by atoms with Gasteiger partial charge in [-0.15, -0.1) is 0 Å². The van der Waals surface area contributed by atoms with E-state index >= 15 is 0 Å². The third-order valence-corrected chi connectivity index (χ3v) is 10.0. The number of ether oxygens (including phenoxy) is 1. The maximum Gasteiger partial charge on any atom is 0.250 e. The highest BCUT2D eigenvalue weighted by atomic mass is 35.5. The monoisotopic (exact) mass is 429 g/mol. The van der Waals surface area contributed by atoms with Gasteiger partial charge in [-0.25, -0.2) is 0 Å². The lowest BCUT2D eigenvalue weighted by Gasteiger charge is -2.36. The van der Waals surface area contributed by atoms with Gasteiger partial charge in [0, 0.05) is 12.6 Å². The van der Waals surface area contributed by atoms with Gasteiger partial charge in [0.1, 0.15) is 11.5 Å². The molecule has 0 N–H and O–H groups in total. The third-order valence-electron chi connectivity index (χ3n) is 4.80. The number of thioether (sulfide) groups is 1. The summed E-state index contributed by atoms with van der Waals surface area (Å²) in [5.74, 6) is 1.92. The van der Waals surface area contributed by atoms with E-state index in [-0.39, 0.29) is 16.0 Å². The highest BCUT2D eigenvalue weighted by Gasteiger charge is 2.39. The molecule has 4 nitrogen and oxygen atoms in total. The van der Waals surface area contributed by atoms with E-state index in [1.807, 2.05) is 24.5 Å². The molecule has 0 aromatic heterocycles. The summed E-state index contributed by atoms with van der Waals surface area (Å²) >= 11 is 7.36. The lowest BCUT2D eigenvalue weighted by Crippen LogP contribution is -2.43. The van der Waals surface area contributed by atoms with E-state index in [0.717, 1.165) is 29.9 Å². The maximum absolute atomic E-state index is 11.6. The second-order valence-electron chi connectivity index (χ2n) is 7.97. The van der Waals surface area contributed by atoms with Crippen LogP contribution in [0, 0.1) is 0 Å². The predicted molar refractivity (Wildman–Crippen MR) is 121 cm³/mol. The smallest absolute Gasteiger partial charge is 0.250 e. The van der Waals surface area contributed by atoms with Crippen LogP contribution in [0.2, 0.25) is 18.1 Å². The van der Waals surface area contributed by atoms with Crippen molar-refractivity contribution in [3.8, 4) is 11.5 Å². The molecule has 7 heteroatoms. The molecule has 152 valence electrons. The van der Waals surface area contributed by atoms with E-state index in [1.54, 1.807) is 7.11 Å². The summed E-state index contributed by atoms with van der Waals surface area (Å²) in [6.07, 6.45) is 3.46. The SMILES string of the molecule is COc1cc(O[Si](C)(C)C(C)(C)C)ccc1CCCN=C(Cl)C(=O)CSC. The molecule has 0 radical (unpaired) electrons. The van der Waals surface area contributed by atoms with E-state index in [4.69, 9.17) is 20.8 Å². The minimum Gasteiger partial charge on any atom is -0.543 e. The lowest BCUT2D eigenvalue weighted by molar-refractivity contribution is -0.110. The van der Waals surface area contributed by atoms with E-state index in [0.29, 0.717) is 12.3 Å². The van der Waals surface area contributed by atoms with Crippen LogP contribution in [0.1, 0.15) is 32.8 Å². The van der Waals surface area contributed by atoms with E-state index < -0.39 is 8.32 Å². The molecule has 0 aliphatic carbocycles. The zero-order chi connectivity index (χ0) is 20.7. The van der Waals surface area contributed by atoms with Crippen LogP contribution in [0.5, 0.6) is 11.5 Å². The number of carbonyl (C=O) groups is 1. The highest BCUT2D eigenvalue weighted by Crippen LogP contribution is 2.38. The highest BCUT2D eigenvalue weighted by molar-refractivity contribution is 7.99. The van der Waals surface area contributed by atoms with Crippen LogP contribution in [0.15, 0.2) is 23.2 Å². The van der Waals surface area contributed by atoms with Crippen LogP contribution < -0.4 is 9.16 Å². The Kier molecular flexibility index (Phi) is 9.38. The molecule has 0 amide bonds. The van der Waals surface area contributed by atoms with Crippen molar-refractivity contribution in [2.45, 2.75) is 51.7 Å². The Morgan fingerprint density at radius 3 is 2.52 bits per heavy atom. The number of nitrogens with zero attached hydrogens (tertiary/aromatic N) is 1. The molecule has 0 aliphatic heterocycles. The van der Waals surface area contributed by atoms with Gasteiger partial charge in [-0.2, -0.15) is 11.8 Å². The number of hydrogen-bond acceptors (Lipinski definition) is 5. The summed E-state index contributed by atoms with van der Waals surface area (Å²) in [5, 5.41) is 0.235. The van der Waals surface area contributed by atoms with Gasteiger partial charge in [-0.1, -0.05) is 38.4 Å². The number of benzene rings is 1. The first-order valence-corrected chi connectivity index (χ1v) is 13.8. The topological polar surface area (TPSA) is 47.9 Å². The van der Waals surface area contributed by atoms with Crippen molar-refractivity contribution in [1.29, 1.82) is 0 Å². The van der Waals surface area contributed by atoms with Crippen molar-refractivity contribution in [2.24, 2.45) is 4.99 Å². The lowest BCUT2D eigenvalue weighted by atomic mass is 10.1. The quantitative estimate of drug-likeness (QED) is 0.276. The Morgan fingerprint density at radius 1 is 1.30 bits per heavy atom. The van der Waals surface area contributed by atoms with Gasteiger partial charge in [0.05, 0.1) is 12.9 Å². The number of hydrogen-bond donors (Lipinski definition) is 0. The molecular formula is C20H32ClNO3SSi. The zero-order valence-electron chi connectivity index (χ0n) is 17.5. The molecule has 1 aromatic rings. The largest absolute Gasteiger partial charge is 0.543 e. The number of aliphatic imine (C=N–C) groups is 1. The fraction of sp³-hybridized carbons (Fsp3) is 0.600. The van der Waals surface area contributed by atoms with Crippen LogP contribution in [-0.2, 0) is 11.2 Å². The summed E-state index contributed by atoms with van der Waals surface area (Å²) in [7, 11) is -0.210. The number of ketones is 1. The van der Waals surface area contributed by atoms with Gasteiger partial charge < -0.3 is 9.16 Å². The summed E-state index contributed by atoms with van der Waals surface area (Å²) in [6, 6.07) is 6.02. The third kappa shape index (κ3) is 7.51. The minimum atomic E-state index is -1.88. The number of rotatable bonds is 10. The molecule has 0 saturated heterocycles. The number of methoxy groups -OCH3 is 1. The fourth-order valence-electron chi connectivity index (χ4n) is 2.17. The molecule has 0 atom stereocenters. The second-order valence-corrected chi connectivity index (χ2v) is 13.9. The van der Waals surface area contributed by atoms with Crippen molar-refractivity contribution in [3.05, 3.63) is 23.8 Å². The fourth-order valence-corrected chi connectivity index (χ4v) is 3.82. The van der Waals surface area contributed by atoms with Crippen LogP contribution in [-0.4, -0.2) is 44.9 Å². The first-order chi connectivity index (χ1) is 12.5. The van der Waals surface area contributed by atoms with Gasteiger partial charge in [0.15, 0.2) is 5.17 Å². The Labute approximate surface area is 174 Å². The number of halogens is 1. The van der Waals surface area contributed by atoms with E-state index in [2.05, 4.69) is 38.9 Å².